The lowest BCUT2D eigenvalue weighted by molar-refractivity contribution is -0.139. The summed E-state index contributed by atoms with van der Waals surface area (Å²) in [5.41, 5.74) is 0. The quantitative estimate of drug-likeness (QED) is 0.679. The van der Waals surface area contributed by atoms with Crippen LogP contribution in [0.25, 0.3) is 0 Å². The van der Waals surface area contributed by atoms with Crippen LogP contribution >= 0.6 is 0 Å². The fourth-order valence-corrected chi connectivity index (χ4v) is 1.75. The van der Waals surface area contributed by atoms with E-state index in [1.165, 1.54) is 0 Å². The average molecular weight is 156 g/mol. The maximum absolute atomic E-state index is 10.3. The molecule has 2 nitrogen and oxygen atoms in total. The predicted octanol–water partition coefficient (Wildman–Crippen LogP) is 2.14. The van der Waals surface area contributed by atoms with E-state index in [9.17, 15) is 4.79 Å². The van der Waals surface area contributed by atoms with Crippen molar-refractivity contribution in [1.82, 2.24) is 0 Å². The van der Waals surface area contributed by atoms with Gasteiger partial charge in [-0.05, 0) is 30.6 Å². The van der Waals surface area contributed by atoms with E-state index in [0.29, 0.717) is 12.3 Å². The van der Waals surface area contributed by atoms with Crippen LogP contribution in [0.4, 0.5) is 0 Å². The van der Waals surface area contributed by atoms with Crippen molar-refractivity contribution >= 4 is 5.97 Å². The molecule has 2 heteroatoms. The van der Waals surface area contributed by atoms with Gasteiger partial charge in [-0.2, -0.15) is 0 Å². The second-order valence-corrected chi connectivity index (χ2v) is 3.94. The number of hydrogen-bond acceptors (Lipinski definition) is 1. The first kappa shape index (κ1) is 8.57. The van der Waals surface area contributed by atoms with Crippen molar-refractivity contribution in [3.8, 4) is 0 Å². The van der Waals surface area contributed by atoms with Gasteiger partial charge >= 0.3 is 5.97 Å². The van der Waals surface area contributed by atoms with Crippen LogP contribution in [0.5, 0.6) is 0 Å². The molecule has 0 radical (unpaired) electrons. The van der Waals surface area contributed by atoms with E-state index in [4.69, 9.17) is 5.11 Å². The van der Waals surface area contributed by atoms with Crippen molar-refractivity contribution in [2.45, 2.75) is 33.1 Å². The number of carboxylic acid groups (broad SMARTS) is 1. The second-order valence-electron chi connectivity index (χ2n) is 3.94. The summed E-state index contributed by atoms with van der Waals surface area (Å²) >= 11 is 0. The van der Waals surface area contributed by atoms with Crippen molar-refractivity contribution in [2.75, 3.05) is 0 Å². The Labute approximate surface area is 67.6 Å². The van der Waals surface area contributed by atoms with Gasteiger partial charge in [-0.25, -0.2) is 0 Å². The lowest BCUT2D eigenvalue weighted by atomic mass is 9.68. The summed E-state index contributed by atoms with van der Waals surface area (Å²) in [5, 5.41) is 8.47. The molecule has 0 heterocycles. The number of hydrogen-bond donors (Lipinski definition) is 1. The predicted molar refractivity (Wildman–Crippen MR) is 43.3 cm³/mol. The molecule has 1 fully saturated rings. The zero-order valence-corrected chi connectivity index (χ0v) is 7.21. The first-order valence-corrected chi connectivity index (χ1v) is 4.31. The molecule has 1 aliphatic carbocycles. The molecule has 1 saturated carbocycles. The molecular weight excluding hydrogens is 140 g/mol. The molecule has 0 aromatic heterocycles. The highest BCUT2D eigenvalue weighted by atomic mass is 16.4. The lowest BCUT2D eigenvalue weighted by Crippen LogP contribution is -2.29. The molecule has 1 N–H and O–H groups in total. The standard InChI is InChI=1S/C9H16O2/c1-6(2)8-3-7(4-8)5-9(10)11/h6-8H,3-5H2,1-2H3,(H,10,11). The van der Waals surface area contributed by atoms with Crippen LogP contribution in [0.2, 0.25) is 0 Å². The fourth-order valence-electron chi connectivity index (χ4n) is 1.75. The highest BCUT2D eigenvalue weighted by Crippen LogP contribution is 2.40. The van der Waals surface area contributed by atoms with E-state index < -0.39 is 5.97 Å². The van der Waals surface area contributed by atoms with Crippen molar-refractivity contribution < 1.29 is 9.90 Å². The van der Waals surface area contributed by atoms with Crippen molar-refractivity contribution in [1.29, 1.82) is 0 Å². The largest absolute Gasteiger partial charge is 0.481 e. The Morgan fingerprint density at radius 2 is 2.09 bits per heavy atom. The average Bonchev–Trinajstić information content (AvgIpc) is 1.75. The van der Waals surface area contributed by atoms with Crippen LogP contribution in [0, 0.1) is 17.8 Å². The first-order valence-electron chi connectivity index (χ1n) is 4.31. The summed E-state index contributed by atoms with van der Waals surface area (Å²) in [6, 6.07) is 0. The van der Waals surface area contributed by atoms with Crippen molar-refractivity contribution in [3.05, 3.63) is 0 Å². The van der Waals surface area contributed by atoms with Gasteiger partial charge < -0.3 is 5.11 Å². The van der Waals surface area contributed by atoms with Crippen LogP contribution in [-0.2, 0) is 4.79 Å². The summed E-state index contributed by atoms with van der Waals surface area (Å²) in [4.78, 5) is 10.3. The maximum Gasteiger partial charge on any atom is 0.303 e. The molecule has 0 aliphatic heterocycles. The minimum atomic E-state index is -0.641. The molecule has 0 amide bonds. The molecule has 0 aromatic rings. The summed E-state index contributed by atoms with van der Waals surface area (Å²) in [5.74, 6) is 1.36. The molecule has 0 aromatic carbocycles. The monoisotopic (exact) mass is 156 g/mol. The van der Waals surface area contributed by atoms with Gasteiger partial charge in [0.05, 0.1) is 0 Å². The Kier molecular flexibility index (Phi) is 2.53. The molecule has 64 valence electrons. The van der Waals surface area contributed by atoms with Gasteiger partial charge in [-0.1, -0.05) is 13.8 Å². The Bertz CT molecular complexity index is 146. The highest BCUT2D eigenvalue weighted by molar-refractivity contribution is 5.67. The minimum absolute atomic E-state index is 0.378. The van der Waals surface area contributed by atoms with E-state index >= 15 is 0 Å². The zero-order valence-electron chi connectivity index (χ0n) is 7.21. The fraction of sp³-hybridized carbons (Fsp3) is 0.889. The van der Waals surface area contributed by atoms with E-state index in [2.05, 4.69) is 13.8 Å². The third kappa shape index (κ3) is 2.21. The maximum atomic E-state index is 10.3. The molecule has 11 heavy (non-hydrogen) atoms. The lowest BCUT2D eigenvalue weighted by Gasteiger charge is -2.37. The molecule has 0 atom stereocenters. The van der Waals surface area contributed by atoms with Crippen molar-refractivity contribution in [2.24, 2.45) is 17.8 Å². The summed E-state index contributed by atoms with van der Waals surface area (Å²) in [7, 11) is 0. The van der Waals surface area contributed by atoms with Crippen LogP contribution in [-0.4, -0.2) is 11.1 Å². The topological polar surface area (TPSA) is 37.3 Å². The third-order valence-corrected chi connectivity index (χ3v) is 2.68. The Morgan fingerprint density at radius 1 is 1.55 bits per heavy atom. The molecule has 0 spiro atoms. The molecule has 0 bridgehead atoms. The first-order chi connectivity index (χ1) is 5.09. The number of aliphatic carboxylic acids is 1. The van der Waals surface area contributed by atoms with Gasteiger partial charge in [-0.15, -0.1) is 0 Å². The molecule has 0 unspecified atom stereocenters. The molecule has 1 rings (SSSR count). The van der Waals surface area contributed by atoms with Crippen LogP contribution in [0.3, 0.4) is 0 Å². The van der Waals surface area contributed by atoms with Crippen molar-refractivity contribution in [3.63, 3.8) is 0 Å². The normalized spacial score (nSPS) is 30.1. The summed E-state index contributed by atoms with van der Waals surface area (Å²) in [6.45, 7) is 4.42. The summed E-state index contributed by atoms with van der Waals surface area (Å²) in [6.07, 6.45) is 2.64. The van der Waals surface area contributed by atoms with Gasteiger partial charge in [0.1, 0.15) is 0 Å². The van der Waals surface area contributed by atoms with Crippen LogP contribution in [0.1, 0.15) is 33.1 Å². The van der Waals surface area contributed by atoms with E-state index in [1.807, 2.05) is 0 Å². The smallest absolute Gasteiger partial charge is 0.303 e. The van der Waals surface area contributed by atoms with Gasteiger partial charge in [-0.3, -0.25) is 4.79 Å². The Morgan fingerprint density at radius 3 is 2.45 bits per heavy atom. The highest BCUT2D eigenvalue weighted by Gasteiger charge is 2.32. The molecule has 1 aliphatic rings. The van der Waals surface area contributed by atoms with Gasteiger partial charge in [0, 0.05) is 6.42 Å². The van der Waals surface area contributed by atoms with Gasteiger partial charge in [0.15, 0.2) is 0 Å². The van der Waals surface area contributed by atoms with E-state index in [1.54, 1.807) is 0 Å². The SMILES string of the molecule is CC(C)C1CC(CC(=O)O)C1. The van der Waals surface area contributed by atoms with E-state index in [-0.39, 0.29) is 0 Å². The Hall–Kier alpha value is -0.530. The number of rotatable bonds is 3. The summed E-state index contributed by atoms with van der Waals surface area (Å²) < 4.78 is 0. The van der Waals surface area contributed by atoms with Gasteiger partial charge in [0.25, 0.3) is 0 Å². The Balaban J connectivity index is 2.14. The molecule has 0 saturated heterocycles. The number of carboxylic acids is 1. The minimum Gasteiger partial charge on any atom is -0.481 e. The van der Waals surface area contributed by atoms with Gasteiger partial charge in [0.2, 0.25) is 0 Å². The third-order valence-electron chi connectivity index (χ3n) is 2.68. The second kappa shape index (κ2) is 3.24. The van der Waals surface area contributed by atoms with Crippen LogP contribution < -0.4 is 0 Å². The number of carbonyl (C=O) groups is 1. The molecular formula is C9H16O2. The van der Waals surface area contributed by atoms with E-state index in [0.717, 1.165) is 24.7 Å². The zero-order chi connectivity index (χ0) is 8.43. The van der Waals surface area contributed by atoms with Crippen LogP contribution in [0.15, 0.2) is 0 Å².